The number of hydrogen-bond donors (Lipinski definition) is 1. The number of carbonyl (C=O) groups is 1. The molecule has 18 heavy (non-hydrogen) atoms. The Morgan fingerprint density at radius 2 is 2.22 bits per heavy atom. The van der Waals surface area contributed by atoms with E-state index in [1.165, 1.54) is 0 Å². The topological polar surface area (TPSA) is 81.5 Å². The first-order valence-electron chi connectivity index (χ1n) is 5.23. The number of amides is 1. The van der Waals surface area contributed by atoms with Crippen molar-refractivity contribution in [3.63, 3.8) is 0 Å². The second-order valence-electron chi connectivity index (χ2n) is 3.38. The molecule has 0 aliphatic carbocycles. The van der Waals surface area contributed by atoms with Crippen molar-refractivity contribution in [2.24, 2.45) is 0 Å². The van der Waals surface area contributed by atoms with Gasteiger partial charge in [-0.2, -0.15) is 0 Å². The number of nitrogens with one attached hydrogen (secondary N) is 1. The molecule has 0 saturated heterocycles. The minimum Gasteiger partial charge on any atom is -0.450 e. The molecule has 0 unspecified atom stereocenters. The molecule has 0 saturated carbocycles. The summed E-state index contributed by atoms with van der Waals surface area (Å²) in [7, 11) is 0. The highest BCUT2D eigenvalue weighted by atomic mass is 32.1. The first-order valence-corrected chi connectivity index (χ1v) is 6.04. The molecule has 2 aromatic rings. The Morgan fingerprint density at radius 3 is 2.89 bits per heavy atom. The highest BCUT2D eigenvalue weighted by molar-refractivity contribution is 7.23. The van der Waals surface area contributed by atoms with E-state index in [4.69, 9.17) is 4.74 Å². The van der Waals surface area contributed by atoms with Crippen molar-refractivity contribution in [2.45, 2.75) is 6.92 Å². The lowest BCUT2D eigenvalue weighted by Gasteiger charge is -2.03. The average Bonchev–Trinajstić information content (AvgIpc) is 2.69. The number of thiophene rings is 1. The molecule has 1 aromatic heterocycles. The molecule has 0 bridgehead atoms. The summed E-state index contributed by atoms with van der Waals surface area (Å²) in [5.41, 5.74) is 0.194. The van der Waals surface area contributed by atoms with Gasteiger partial charge >= 0.3 is 11.1 Å². The number of carbonyl (C=O) groups excluding carboxylic acids is 1. The Kier molecular flexibility index (Phi) is 3.42. The summed E-state index contributed by atoms with van der Waals surface area (Å²) >= 11 is 1.02. The third-order valence-corrected chi connectivity index (χ3v) is 3.37. The van der Waals surface area contributed by atoms with Crippen molar-refractivity contribution in [3.8, 4) is 0 Å². The number of rotatable bonds is 3. The van der Waals surface area contributed by atoms with Gasteiger partial charge < -0.3 is 4.74 Å². The zero-order valence-electron chi connectivity index (χ0n) is 9.50. The van der Waals surface area contributed by atoms with Crippen LogP contribution >= 0.6 is 11.3 Å². The van der Waals surface area contributed by atoms with E-state index in [-0.39, 0.29) is 17.3 Å². The predicted molar refractivity (Wildman–Crippen MR) is 69.1 cm³/mol. The molecule has 7 heteroatoms. The third-order valence-electron chi connectivity index (χ3n) is 2.25. The smallest absolute Gasteiger partial charge is 0.411 e. The van der Waals surface area contributed by atoms with Gasteiger partial charge in [0.15, 0.2) is 0 Å². The fraction of sp³-hybridized carbons (Fsp3) is 0.182. The Bertz CT molecular complexity index is 608. The molecule has 0 radical (unpaired) electrons. The van der Waals surface area contributed by atoms with Crippen molar-refractivity contribution in [3.05, 3.63) is 34.4 Å². The minimum absolute atomic E-state index is 0.0933. The number of nitro groups is 1. The number of ether oxygens (including phenoxy) is 1. The van der Waals surface area contributed by atoms with Crippen LogP contribution in [0.1, 0.15) is 6.92 Å². The quantitative estimate of drug-likeness (QED) is 0.682. The molecule has 1 amide bonds. The summed E-state index contributed by atoms with van der Waals surface area (Å²) in [6.07, 6.45) is -0.691. The molecule has 0 spiro atoms. The number of anilines is 1. The van der Waals surface area contributed by atoms with E-state index in [2.05, 4.69) is 5.32 Å². The standard InChI is InChI=1S/C11H10N2O4S/c1-2-17-11(14)12-9-7-5-3-4-6-8(7)18-10(9)13(15)16/h3-6H,2H2,1H3,(H,12,14). The number of nitrogens with zero attached hydrogens (tertiary/aromatic N) is 1. The molecular weight excluding hydrogens is 256 g/mol. The van der Waals surface area contributed by atoms with Gasteiger partial charge in [-0.05, 0) is 13.0 Å². The van der Waals surface area contributed by atoms with Gasteiger partial charge in [-0.15, -0.1) is 0 Å². The highest BCUT2D eigenvalue weighted by Crippen LogP contribution is 2.41. The largest absolute Gasteiger partial charge is 0.450 e. The van der Waals surface area contributed by atoms with Crippen molar-refractivity contribution in [1.29, 1.82) is 0 Å². The first kappa shape index (κ1) is 12.3. The summed E-state index contributed by atoms with van der Waals surface area (Å²) in [5.74, 6) is 0. The van der Waals surface area contributed by atoms with E-state index < -0.39 is 11.0 Å². The van der Waals surface area contributed by atoms with Crippen LogP contribution in [0.2, 0.25) is 0 Å². The molecular formula is C11H10N2O4S. The molecule has 0 atom stereocenters. The van der Waals surface area contributed by atoms with Crippen LogP contribution in [0, 0.1) is 10.1 Å². The Labute approximate surface area is 106 Å². The van der Waals surface area contributed by atoms with E-state index in [0.717, 1.165) is 16.0 Å². The van der Waals surface area contributed by atoms with Crippen LogP contribution < -0.4 is 5.32 Å². The van der Waals surface area contributed by atoms with Crippen LogP contribution in [0.3, 0.4) is 0 Å². The van der Waals surface area contributed by atoms with Crippen molar-refractivity contribution >= 4 is 38.2 Å². The summed E-state index contributed by atoms with van der Waals surface area (Å²) in [6, 6.07) is 7.04. The van der Waals surface area contributed by atoms with E-state index >= 15 is 0 Å². The van der Waals surface area contributed by atoms with Gasteiger partial charge in [0.05, 0.1) is 11.5 Å². The Balaban J connectivity index is 2.48. The molecule has 1 N–H and O–H groups in total. The van der Waals surface area contributed by atoms with Gasteiger partial charge in [0.2, 0.25) is 0 Å². The van der Waals surface area contributed by atoms with Gasteiger partial charge in [-0.3, -0.25) is 15.4 Å². The zero-order valence-corrected chi connectivity index (χ0v) is 10.3. The monoisotopic (exact) mass is 266 g/mol. The normalized spacial score (nSPS) is 10.3. The molecule has 1 aromatic carbocycles. The molecule has 6 nitrogen and oxygen atoms in total. The van der Waals surface area contributed by atoms with Crippen LogP contribution in [-0.4, -0.2) is 17.6 Å². The third kappa shape index (κ3) is 2.25. The molecule has 0 aliphatic heterocycles. The summed E-state index contributed by atoms with van der Waals surface area (Å²) in [6.45, 7) is 1.88. The fourth-order valence-electron chi connectivity index (χ4n) is 1.55. The zero-order chi connectivity index (χ0) is 13.1. The van der Waals surface area contributed by atoms with Crippen molar-refractivity contribution < 1.29 is 14.5 Å². The number of hydrogen-bond acceptors (Lipinski definition) is 5. The molecule has 2 rings (SSSR count). The van der Waals surface area contributed by atoms with Crippen LogP contribution in [-0.2, 0) is 4.74 Å². The number of benzene rings is 1. The fourth-order valence-corrected chi connectivity index (χ4v) is 2.52. The van der Waals surface area contributed by atoms with Crippen molar-refractivity contribution in [2.75, 3.05) is 11.9 Å². The van der Waals surface area contributed by atoms with Crippen molar-refractivity contribution in [1.82, 2.24) is 0 Å². The molecule has 0 aliphatic rings. The lowest BCUT2D eigenvalue weighted by atomic mass is 10.2. The maximum Gasteiger partial charge on any atom is 0.411 e. The van der Waals surface area contributed by atoms with Gasteiger partial charge in [-0.25, -0.2) is 4.79 Å². The summed E-state index contributed by atoms with van der Waals surface area (Å²) < 4.78 is 5.48. The molecule has 1 heterocycles. The molecule has 94 valence electrons. The van der Waals surface area contributed by atoms with Gasteiger partial charge in [0, 0.05) is 10.1 Å². The van der Waals surface area contributed by atoms with Gasteiger partial charge in [-0.1, -0.05) is 29.5 Å². The van der Waals surface area contributed by atoms with E-state index in [1.54, 1.807) is 31.2 Å². The van der Waals surface area contributed by atoms with Gasteiger partial charge in [0.1, 0.15) is 5.69 Å². The highest BCUT2D eigenvalue weighted by Gasteiger charge is 2.23. The van der Waals surface area contributed by atoms with E-state index in [1.807, 2.05) is 0 Å². The van der Waals surface area contributed by atoms with Crippen LogP contribution in [0.4, 0.5) is 15.5 Å². The van der Waals surface area contributed by atoms with Crippen LogP contribution in [0.5, 0.6) is 0 Å². The second kappa shape index (κ2) is 5.01. The Morgan fingerprint density at radius 1 is 1.50 bits per heavy atom. The summed E-state index contributed by atoms with van der Waals surface area (Å²) in [5, 5.41) is 13.9. The van der Waals surface area contributed by atoms with Gasteiger partial charge in [0.25, 0.3) is 0 Å². The maximum atomic E-state index is 11.4. The maximum absolute atomic E-state index is 11.4. The average molecular weight is 266 g/mol. The Hall–Kier alpha value is -2.15. The number of fused-ring (bicyclic) bond motifs is 1. The second-order valence-corrected chi connectivity index (χ2v) is 4.41. The first-order chi connectivity index (χ1) is 8.63. The minimum atomic E-state index is -0.691. The summed E-state index contributed by atoms with van der Waals surface area (Å²) in [4.78, 5) is 21.8. The van der Waals surface area contributed by atoms with Crippen LogP contribution in [0.25, 0.3) is 10.1 Å². The van der Waals surface area contributed by atoms with E-state index in [9.17, 15) is 14.9 Å². The van der Waals surface area contributed by atoms with Crippen LogP contribution in [0.15, 0.2) is 24.3 Å². The lowest BCUT2D eigenvalue weighted by Crippen LogP contribution is -2.13. The van der Waals surface area contributed by atoms with E-state index in [0.29, 0.717) is 5.39 Å². The lowest BCUT2D eigenvalue weighted by molar-refractivity contribution is -0.379. The molecule has 0 fully saturated rings. The predicted octanol–water partition coefficient (Wildman–Crippen LogP) is 3.38. The SMILES string of the molecule is CCOC(=O)Nc1c([N+](=O)[O-])sc2ccccc12.